The molecule has 1 aromatic heterocycles. The summed E-state index contributed by atoms with van der Waals surface area (Å²) in [4.78, 5) is 4.06. The van der Waals surface area contributed by atoms with Gasteiger partial charge in [-0.2, -0.15) is 0 Å². The van der Waals surface area contributed by atoms with Gasteiger partial charge in [0, 0.05) is 0 Å². The van der Waals surface area contributed by atoms with Gasteiger partial charge in [-0.25, -0.2) is 4.39 Å². The van der Waals surface area contributed by atoms with Crippen molar-refractivity contribution in [3.63, 3.8) is 0 Å². The summed E-state index contributed by atoms with van der Waals surface area (Å²) in [5, 5.41) is 0. The van der Waals surface area contributed by atoms with Crippen molar-refractivity contribution in [3.8, 4) is 0 Å². The van der Waals surface area contributed by atoms with Crippen molar-refractivity contribution in [2.45, 2.75) is 25.3 Å². The number of hydrogen-bond acceptors (Lipinski definition) is 3. The second kappa shape index (κ2) is 6.97. The molecule has 0 amide bonds. The second-order valence-corrected chi connectivity index (χ2v) is 4.50. The first-order valence-electron chi connectivity index (χ1n) is 6.41. The summed E-state index contributed by atoms with van der Waals surface area (Å²) >= 11 is 0. The van der Waals surface area contributed by atoms with E-state index >= 15 is 0 Å². The standard InChI is InChI=1S/C15H18FN3/c16-13-9-10-14(18-11-13)15(19-17)8-4-7-12-5-2-1-3-6-12/h1-3,5-6,9-11,15,19H,4,7-8,17H2. The van der Waals surface area contributed by atoms with Gasteiger partial charge in [-0.15, -0.1) is 0 Å². The Bertz CT molecular complexity index is 485. The summed E-state index contributed by atoms with van der Waals surface area (Å²) in [6.07, 6.45) is 4.08. The van der Waals surface area contributed by atoms with Gasteiger partial charge in [0.05, 0.1) is 17.9 Å². The number of halogens is 1. The van der Waals surface area contributed by atoms with Crippen LogP contribution in [0.3, 0.4) is 0 Å². The first-order valence-corrected chi connectivity index (χ1v) is 6.41. The molecule has 100 valence electrons. The highest BCUT2D eigenvalue weighted by Crippen LogP contribution is 2.17. The highest BCUT2D eigenvalue weighted by atomic mass is 19.1. The van der Waals surface area contributed by atoms with Crippen LogP contribution in [0.5, 0.6) is 0 Å². The van der Waals surface area contributed by atoms with Crippen LogP contribution < -0.4 is 11.3 Å². The molecule has 19 heavy (non-hydrogen) atoms. The van der Waals surface area contributed by atoms with Crippen LogP contribution in [-0.2, 0) is 6.42 Å². The first kappa shape index (κ1) is 13.6. The number of hydrogen-bond donors (Lipinski definition) is 2. The van der Waals surface area contributed by atoms with Gasteiger partial charge in [0.2, 0.25) is 0 Å². The highest BCUT2D eigenvalue weighted by molar-refractivity contribution is 5.15. The zero-order chi connectivity index (χ0) is 13.5. The third-order valence-electron chi connectivity index (χ3n) is 3.11. The number of nitrogens with two attached hydrogens (primary N) is 1. The van der Waals surface area contributed by atoms with E-state index in [2.05, 4.69) is 22.5 Å². The number of pyridine rings is 1. The van der Waals surface area contributed by atoms with E-state index < -0.39 is 0 Å². The van der Waals surface area contributed by atoms with E-state index in [4.69, 9.17) is 5.84 Å². The van der Waals surface area contributed by atoms with E-state index in [0.717, 1.165) is 25.0 Å². The average Bonchev–Trinajstić information content (AvgIpc) is 2.46. The van der Waals surface area contributed by atoms with Crippen LogP contribution in [0.4, 0.5) is 4.39 Å². The Balaban J connectivity index is 1.87. The van der Waals surface area contributed by atoms with Crippen LogP contribution in [0.1, 0.15) is 30.1 Å². The molecule has 4 heteroatoms. The molecule has 0 saturated carbocycles. The SMILES string of the molecule is NNC(CCCc1ccccc1)c1ccc(F)cn1. The summed E-state index contributed by atoms with van der Waals surface area (Å²) in [6, 6.07) is 13.3. The third kappa shape index (κ3) is 4.12. The van der Waals surface area contributed by atoms with Crippen molar-refractivity contribution in [1.82, 2.24) is 10.4 Å². The third-order valence-corrected chi connectivity index (χ3v) is 3.11. The van der Waals surface area contributed by atoms with Crippen LogP contribution >= 0.6 is 0 Å². The van der Waals surface area contributed by atoms with Gasteiger partial charge in [0.15, 0.2) is 0 Å². The number of hydrazine groups is 1. The lowest BCUT2D eigenvalue weighted by Gasteiger charge is -2.15. The summed E-state index contributed by atoms with van der Waals surface area (Å²) in [6.45, 7) is 0. The van der Waals surface area contributed by atoms with Gasteiger partial charge >= 0.3 is 0 Å². The lowest BCUT2D eigenvalue weighted by Crippen LogP contribution is -2.28. The Labute approximate surface area is 112 Å². The lowest BCUT2D eigenvalue weighted by molar-refractivity contribution is 0.485. The number of rotatable bonds is 6. The van der Waals surface area contributed by atoms with Crippen molar-refractivity contribution < 1.29 is 4.39 Å². The molecule has 0 aliphatic heterocycles. The quantitative estimate of drug-likeness (QED) is 0.619. The van der Waals surface area contributed by atoms with Gasteiger partial charge in [0.1, 0.15) is 5.82 Å². The minimum Gasteiger partial charge on any atom is -0.271 e. The Kier molecular flexibility index (Phi) is 5.01. The summed E-state index contributed by atoms with van der Waals surface area (Å²) < 4.78 is 12.8. The van der Waals surface area contributed by atoms with E-state index in [1.807, 2.05) is 18.2 Å². The molecule has 1 unspecified atom stereocenters. The number of nitrogens with one attached hydrogen (secondary N) is 1. The largest absolute Gasteiger partial charge is 0.271 e. The van der Waals surface area contributed by atoms with Crippen molar-refractivity contribution in [2.24, 2.45) is 5.84 Å². The maximum atomic E-state index is 12.8. The summed E-state index contributed by atoms with van der Waals surface area (Å²) in [5.41, 5.74) is 4.82. The predicted octanol–water partition coefficient (Wildman–Crippen LogP) is 2.75. The van der Waals surface area contributed by atoms with E-state index in [1.54, 1.807) is 6.07 Å². The van der Waals surface area contributed by atoms with E-state index in [9.17, 15) is 4.39 Å². The minimum atomic E-state index is -0.330. The predicted molar refractivity (Wildman–Crippen MR) is 73.6 cm³/mol. The zero-order valence-corrected chi connectivity index (χ0v) is 10.7. The van der Waals surface area contributed by atoms with E-state index in [0.29, 0.717) is 0 Å². The van der Waals surface area contributed by atoms with Crippen LogP contribution in [0.2, 0.25) is 0 Å². The van der Waals surface area contributed by atoms with E-state index in [1.165, 1.54) is 17.8 Å². The zero-order valence-electron chi connectivity index (χ0n) is 10.7. The van der Waals surface area contributed by atoms with E-state index in [-0.39, 0.29) is 11.9 Å². The van der Waals surface area contributed by atoms with Crippen LogP contribution in [0, 0.1) is 5.82 Å². The fourth-order valence-electron chi connectivity index (χ4n) is 2.06. The topological polar surface area (TPSA) is 50.9 Å². The molecule has 0 fully saturated rings. The number of benzene rings is 1. The average molecular weight is 259 g/mol. The molecule has 0 aliphatic carbocycles. The monoisotopic (exact) mass is 259 g/mol. The Morgan fingerprint density at radius 1 is 1.16 bits per heavy atom. The van der Waals surface area contributed by atoms with Crippen molar-refractivity contribution in [3.05, 3.63) is 65.7 Å². The van der Waals surface area contributed by atoms with Gasteiger partial charge in [-0.1, -0.05) is 30.3 Å². The molecule has 0 saturated heterocycles. The van der Waals surface area contributed by atoms with Crippen LogP contribution in [0.25, 0.3) is 0 Å². The summed E-state index contributed by atoms with van der Waals surface area (Å²) in [5.74, 6) is 5.21. The number of aromatic nitrogens is 1. The Hall–Kier alpha value is -1.78. The van der Waals surface area contributed by atoms with Crippen molar-refractivity contribution >= 4 is 0 Å². The molecule has 0 spiro atoms. The first-order chi connectivity index (χ1) is 9.29. The fraction of sp³-hybridized carbons (Fsp3) is 0.267. The molecule has 0 aliphatic rings. The maximum absolute atomic E-state index is 12.8. The molecule has 3 N–H and O–H groups in total. The molecule has 0 radical (unpaired) electrons. The number of aryl methyl sites for hydroxylation is 1. The molecule has 0 bridgehead atoms. The maximum Gasteiger partial charge on any atom is 0.141 e. The fourth-order valence-corrected chi connectivity index (χ4v) is 2.06. The van der Waals surface area contributed by atoms with Crippen molar-refractivity contribution in [2.75, 3.05) is 0 Å². The normalized spacial score (nSPS) is 12.3. The Morgan fingerprint density at radius 2 is 1.95 bits per heavy atom. The lowest BCUT2D eigenvalue weighted by atomic mass is 10.0. The van der Waals surface area contributed by atoms with Gasteiger partial charge in [0.25, 0.3) is 0 Å². The van der Waals surface area contributed by atoms with Crippen LogP contribution in [0.15, 0.2) is 48.7 Å². The molecule has 1 aromatic carbocycles. The highest BCUT2D eigenvalue weighted by Gasteiger charge is 2.10. The van der Waals surface area contributed by atoms with Gasteiger partial charge in [-0.05, 0) is 37.0 Å². The number of nitrogens with zero attached hydrogens (tertiary/aromatic N) is 1. The van der Waals surface area contributed by atoms with Crippen LogP contribution in [-0.4, -0.2) is 4.98 Å². The molecule has 2 rings (SSSR count). The Morgan fingerprint density at radius 3 is 2.58 bits per heavy atom. The van der Waals surface area contributed by atoms with Gasteiger partial charge < -0.3 is 0 Å². The van der Waals surface area contributed by atoms with Gasteiger partial charge in [-0.3, -0.25) is 16.3 Å². The molecule has 1 atom stereocenters. The molecular formula is C15H18FN3. The molecule has 2 aromatic rings. The minimum absolute atomic E-state index is 0.0377. The molecular weight excluding hydrogens is 241 g/mol. The molecule has 1 heterocycles. The molecule has 3 nitrogen and oxygen atoms in total. The smallest absolute Gasteiger partial charge is 0.141 e. The second-order valence-electron chi connectivity index (χ2n) is 4.50. The van der Waals surface area contributed by atoms with Crippen molar-refractivity contribution in [1.29, 1.82) is 0 Å². The summed E-state index contributed by atoms with van der Waals surface area (Å²) in [7, 11) is 0.